The third-order valence-electron chi connectivity index (χ3n) is 3.74. The molecule has 6 nitrogen and oxygen atoms in total. The number of carbonyl (C=O) groups is 2. The lowest BCUT2D eigenvalue weighted by molar-refractivity contribution is -0.144. The number of hydrogen-bond donors (Lipinski definition) is 0. The summed E-state index contributed by atoms with van der Waals surface area (Å²) in [7, 11) is 0. The summed E-state index contributed by atoms with van der Waals surface area (Å²) in [6, 6.07) is 8.87. The molecule has 0 aromatic carbocycles. The number of carbonyl (C=O) groups excluding carboxylic acids is 2. The summed E-state index contributed by atoms with van der Waals surface area (Å²) < 4.78 is 5.25. The van der Waals surface area contributed by atoms with Gasteiger partial charge in [0.25, 0.3) is 5.91 Å². The second kappa shape index (κ2) is 9.11. The maximum absolute atomic E-state index is 12.8. The van der Waals surface area contributed by atoms with Crippen molar-refractivity contribution < 1.29 is 14.3 Å². The molecule has 0 saturated heterocycles. The van der Waals surface area contributed by atoms with Gasteiger partial charge >= 0.3 is 5.97 Å². The molecule has 0 aliphatic heterocycles. The van der Waals surface area contributed by atoms with E-state index in [0.29, 0.717) is 11.4 Å². The summed E-state index contributed by atoms with van der Waals surface area (Å²) in [6.07, 6.45) is 9.76. The lowest BCUT2D eigenvalue weighted by Crippen LogP contribution is -2.34. The summed E-state index contributed by atoms with van der Waals surface area (Å²) in [5, 5.41) is 0. The lowest BCUT2D eigenvalue weighted by Gasteiger charge is -2.21. The van der Waals surface area contributed by atoms with Crippen LogP contribution in [0.4, 0.5) is 5.82 Å². The number of pyridine rings is 2. The molecular formula is C21H17N3O3. The van der Waals surface area contributed by atoms with Crippen molar-refractivity contribution in [3.8, 4) is 0 Å². The molecule has 0 bridgehead atoms. The third-order valence-corrected chi connectivity index (χ3v) is 3.74. The van der Waals surface area contributed by atoms with Gasteiger partial charge in [0.1, 0.15) is 12.4 Å². The molecule has 6 heteroatoms. The fraction of sp³-hybridized carbons (Fsp3) is 0.143. The molecule has 1 aliphatic rings. The van der Waals surface area contributed by atoms with E-state index in [4.69, 9.17) is 4.74 Å². The number of anilines is 1. The average Bonchev–Trinajstić information content (AvgIpc) is 2.74. The van der Waals surface area contributed by atoms with Crippen molar-refractivity contribution in [3.05, 3.63) is 89.7 Å². The molecule has 0 saturated carbocycles. The maximum Gasteiger partial charge on any atom is 0.307 e. The van der Waals surface area contributed by atoms with Crippen LogP contribution in [-0.2, 0) is 20.9 Å². The summed E-state index contributed by atoms with van der Waals surface area (Å²) >= 11 is 0. The zero-order valence-corrected chi connectivity index (χ0v) is 14.5. The minimum absolute atomic E-state index is 0.0469. The first-order valence-corrected chi connectivity index (χ1v) is 8.39. The monoisotopic (exact) mass is 359 g/mol. The highest BCUT2D eigenvalue weighted by atomic mass is 16.5. The van der Waals surface area contributed by atoms with Crippen molar-refractivity contribution in [2.75, 3.05) is 11.4 Å². The molecule has 0 fully saturated rings. The average molecular weight is 359 g/mol. The Morgan fingerprint density at radius 3 is 2.74 bits per heavy atom. The molecule has 0 atom stereocenters. The van der Waals surface area contributed by atoms with Gasteiger partial charge < -0.3 is 4.74 Å². The Morgan fingerprint density at radius 1 is 1.11 bits per heavy atom. The normalized spacial score (nSPS) is 11.8. The van der Waals surface area contributed by atoms with Crippen LogP contribution in [-0.4, -0.2) is 28.4 Å². The molecule has 3 rings (SSSR count). The van der Waals surface area contributed by atoms with Crippen molar-refractivity contribution >= 4 is 17.7 Å². The Labute approximate surface area is 156 Å². The van der Waals surface area contributed by atoms with E-state index in [1.54, 1.807) is 61.1 Å². The quantitative estimate of drug-likeness (QED) is 0.561. The Hall–Kier alpha value is -3.72. The van der Waals surface area contributed by atoms with Crippen molar-refractivity contribution in [2.45, 2.75) is 13.0 Å². The summed E-state index contributed by atoms with van der Waals surface area (Å²) in [5.74, 6) is -0.199. The number of ether oxygens (including phenoxy) is 1. The summed E-state index contributed by atoms with van der Waals surface area (Å²) in [6.45, 7) is 0.300. The van der Waals surface area contributed by atoms with Gasteiger partial charge in [-0.25, -0.2) is 4.98 Å². The van der Waals surface area contributed by atoms with Crippen LogP contribution < -0.4 is 4.90 Å². The molecule has 27 heavy (non-hydrogen) atoms. The van der Waals surface area contributed by atoms with Gasteiger partial charge in [-0.2, -0.15) is 0 Å². The fourth-order valence-corrected chi connectivity index (χ4v) is 2.39. The van der Waals surface area contributed by atoms with E-state index >= 15 is 0 Å². The zero-order valence-electron chi connectivity index (χ0n) is 14.5. The molecule has 0 spiro atoms. The number of amides is 1. The van der Waals surface area contributed by atoms with E-state index in [-0.39, 0.29) is 25.5 Å². The smallest absolute Gasteiger partial charge is 0.307 e. The minimum Gasteiger partial charge on any atom is -0.461 e. The van der Waals surface area contributed by atoms with E-state index in [1.807, 2.05) is 6.07 Å². The summed E-state index contributed by atoms with van der Waals surface area (Å²) in [5.41, 5.74) is 6.77. The lowest BCUT2D eigenvalue weighted by atomic mass is 10.1. The van der Waals surface area contributed by atoms with Gasteiger partial charge in [-0.05, 0) is 30.4 Å². The molecule has 2 aromatic rings. The van der Waals surface area contributed by atoms with Crippen molar-refractivity contribution in [1.82, 2.24) is 9.97 Å². The molecule has 0 N–H and O–H groups in total. The molecule has 2 aromatic heterocycles. The van der Waals surface area contributed by atoms with Crippen LogP contribution in [0.2, 0.25) is 0 Å². The van der Waals surface area contributed by atoms with Gasteiger partial charge in [-0.3, -0.25) is 19.5 Å². The van der Waals surface area contributed by atoms with Gasteiger partial charge in [0.05, 0.1) is 6.42 Å². The number of nitrogens with zero attached hydrogens (tertiary/aromatic N) is 3. The Kier molecular flexibility index (Phi) is 6.10. The highest BCUT2D eigenvalue weighted by molar-refractivity contribution is 6.07. The Balaban J connectivity index is 1.64. The van der Waals surface area contributed by atoms with E-state index in [0.717, 1.165) is 5.56 Å². The topological polar surface area (TPSA) is 72.4 Å². The van der Waals surface area contributed by atoms with Crippen LogP contribution in [0.15, 0.2) is 84.2 Å². The van der Waals surface area contributed by atoms with Gasteiger partial charge in [0.2, 0.25) is 0 Å². The van der Waals surface area contributed by atoms with Crippen LogP contribution in [0.25, 0.3) is 0 Å². The van der Waals surface area contributed by atoms with Crippen molar-refractivity contribution in [3.63, 3.8) is 0 Å². The molecule has 2 heterocycles. The Bertz CT molecular complexity index is 939. The van der Waals surface area contributed by atoms with E-state index < -0.39 is 5.97 Å². The predicted octanol–water partition coefficient (Wildman–Crippen LogP) is 2.75. The van der Waals surface area contributed by atoms with Gasteiger partial charge in [-0.15, -0.1) is 0 Å². The third kappa shape index (κ3) is 5.13. The van der Waals surface area contributed by atoms with Gasteiger partial charge in [-0.1, -0.05) is 23.6 Å². The molecule has 0 radical (unpaired) electrons. The molecule has 1 amide bonds. The molecule has 0 unspecified atom stereocenters. The number of aromatic nitrogens is 2. The summed E-state index contributed by atoms with van der Waals surface area (Å²) in [4.78, 5) is 34.6. The van der Waals surface area contributed by atoms with Crippen LogP contribution in [0.3, 0.4) is 0 Å². The molecule has 134 valence electrons. The first-order valence-electron chi connectivity index (χ1n) is 8.39. The second-order valence-corrected chi connectivity index (χ2v) is 5.64. The first kappa shape index (κ1) is 18.1. The maximum atomic E-state index is 12.8. The van der Waals surface area contributed by atoms with Crippen LogP contribution in [0.5, 0.6) is 0 Å². The van der Waals surface area contributed by atoms with E-state index in [9.17, 15) is 9.59 Å². The van der Waals surface area contributed by atoms with Crippen LogP contribution in [0, 0.1) is 0 Å². The molecule has 1 aliphatic carbocycles. The number of esters is 1. The Morgan fingerprint density at radius 2 is 2.04 bits per heavy atom. The van der Waals surface area contributed by atoms with Gasteiger partial charge in [0.15, 0.2) is 0 Å². The molecular weight excluding hydrogens is 342 g/mol. The standard InChI is InChI=1S/C21H17N3O3/c25-20(27-16-17-7-6-12-22-15-17)11-14-24(19-10-4-5-13-23-19)21(26)18-8-2-1-3-9-18/h2,4-10,12-13,15H,11,14,16H2. The SMILES string of the molecule is O=C(CCN(C(=O)C1=CC=C=C=C1)c1ccccn1)OCc1cccnc1. The highest BCUT2D eigenvalue weighted by Gasteiger charge is 2.21. The van der Waals surface area contributed by atoms with E-state index in [2.05, 4.69) is 21.4 Å². The number of hydrogen-bond acceptors (Lipinski definition) is 5. The van der Waals surface area contributed by atoms with Crippen LogP contribution >= 0.6 is 0 Å². The van der Waals surface area contributed by atoms with E-state index in [1.165, 1.54) is 4.90 Å². The highest BCUT2D eigenvalue weighted by Crippen LogP contribution is 2.15. The fourth-order valence-electron chi connectivity index (χ4n) is 2.39. The second-order valence-electron chi connectivity index (χ2n) is 5.64. The number of allylic oxidation sites excluding steroid dienone is 2. The largest absolute Gasteiger partial charge is 0.461 e. The van der Waals surface area contributed by atoms with Crippen LogP contribution in [0.1, 0.15) is 12.0 Å². The predicted molar refractivity (Wildman–Crippen MR) is 99.5 cm³/mol. The first-order chi connectivity index (χ1) is 13.2. The zero-order chi connectivity index (χ0) is 18.9. The van der Waals surface area contributed by atoms with Crippen molar-refractivity contribution in [2.24, 2.45) is 0 Å². The minimum atomic E-state index is -0.402. The number of rotatable bonds is 7. The van der Waals surface area contributed by atoms with Crippen molar-refractivity contribution in [1.29, 1.82) is 0 Å². The van der Waals surface area contributed by atoms with Gasteiger partial charge in [0, 0.05) is 42.3 Å².